The Kier molecular flexibility index (Phi) is 65.8. The van der Waals surface area contributed by atoms with Gasteiger partial charge in [0, 0.05) is 19.3 Å². The Bertz CT molecular complexity index is 1690. The van der Waals surface area contributed by atoms with Crippen molar-refractivity contribution in [3.8, 4) is 0 Å². The minimum atomic E-state index is -0.791. The van der Waals surface area contributed by atoms with E-state index in [-0.39, 0.29) is 31.1 Å². The second-order valence-corrected chi connectivity index (χ2v) is 22.7. The van der Waals surface area contributed by atoms with Crippen LogP contribution in [0, 0.1) is 0 Å². The number of rotatable bonds is 62. The van der Waals surface area contributed by atoms with Crippen molar-refractivity contribution in [2.24, 2.45) is 0 Å². The Morgan fingerprint density at radius 3 is 0.756 bits per heavy atom. The summed E-state index contributed by atoms with van der Waals surface area (Å²) >= 11 is 0. The second-order valence-electron chi connectivity index (χ2n) is 22.7. The predicted molar refractivity (Wildman–Crippen MR) is 357 cm³/mol. The van der Waals surface area contributed by atoms with Crippen LogP contribution in [0.2, 0.25) is 0 Å². The lowest BCUT2D eigenvalue weighted by Crippen LogP contribution is -2.30. The lowest BCUT2D eigenvalue weighted by atomic mass is 10.0. The molecule has 82 heavy (non-hydrogen) atoms. The van der Waals surface area contributed by atoms with E-state index in [2.05, 4.69) is 142 Å². The van der Waals surface area contributed by atoms with E-state index in [4.69, 9.17) is 14.2 Å². The van der Waals surface area contributed by atoms with E-state index >= 15 is 0 Å². The molecule has 0 aliphatic carbocycles. The zero-order valence-electron chi connectivity index (χ0n) is 53.7. The molecule has 0 saturated heterocycles. The van der Waals surface area contributed by atoms with Gasteiger partial charge in [-0.1, -0.05) is 309 Å². The number of hydrogen-bond donors (Lipinski definition) is 0. The molecule has 0 saturated carbocycles. The maximum atomic E-state index is 12.9. The first kappa shape index (κ1) is 77.8. The summed E-state index contributed by atoms with van der Waals surface area (Å²) in [6, 6.07) is 0. The highest BCUT2D eigenvalue weighted by atomic mass is 16.6. The number of hydrogen-bond acceptors (Lipinski definition) is 6. The topological polar surface area (TPSA) is 78.9 Å². The van der Waals surface area contributed by atoms with Crippen LogP contribution in [0.4, 0.5) is 0 Å². The third-order valence-electron chi connectivity index (χ3n) is 14.7. The van der Waals surface area contributed by atoms with Crippen LogP contribution in [0.15, 0.2) is 122 Å². The van der Waals surface area contributed by atoms with E-state index < -0.39 is 6.10 Å². The first-order chi connectivity index (χ1) is 40.5. The van der Waals surface area contributed by atoms with Gasteiger partial charge in [-0.05, 0) is 116 Å². The Labute approximate surface area is 507 Å². The summed E-state index contributed by atoms with van der Waals surface area (Å²) in [5, 5.41) is 0. The van der Waals surface area contributed by atoms with Gasteiger partial charge in [-0.15, -0.1) is 0 Å². The van der Waals surface area contributed by atoms with Crippen LogP contribution in [0.25, 0.3) is 0 Å². The van der Waals surface area contributed by atoms with Gasteiger partial charge in [-0.25, -0.2) is 0 Å². The van der Waals surface area contributed by atoms with Crippen molar-refractivity contribution >= 4 is 17.9 Å². The van der Waals surface area contributed by atoms with Gasteiger partial charge in [-0.3, -0.25) is 14.4 Å². The molecule has 0 N–H and O–H groups in total. The third-order valence-corrected chi connectivity index (χ3v) is 14.7. The van der Waals surface area contributed by atoms with Crippen LogP contribution in [0.3, 0.4) is 0 Å². The molecule has 0 aliphatic rings. The molecule has 6 heteroatoms. The predicted octanol–water partition coefficient (Wildman–Crippen LogP) is 23.9. The van der Waals surface area contributed by atoms with Crippen LogP contribution < -0.4 is 0 Å². The van der Waals surface area contributed by atoms with E-state index in [1.54, 1.807) is 0 Å². The first-order valence-corrected chi connectivity index (χ1v) is 34.5. The molecule has 0 amide bonds. The molecule has 0 aliphatic heterocycles. The molecule has 1 unspecified atom stereocenters. The lowest BCUT2D eigenvalue weighted by Gasteiger charge is -2.18. The fraction of sp³-hybridized carbons (Fsp3) is 0.697. The molecule has 0 aromatic carbocycles. The molecule has 0 bridgehead atoms. The van der Waals surface area contributed by atoms with Gasteiger partial charge in [0.1, 0.15) is 13.2 Å². The minimum Gasteiger partial charge on any atom is -0.462 e. The molecule has 6 nitrogen and oxygen atoms in total. The fourth-order valence-electron chi connectivity index (χ4n) is 9.55. The van der Waals surface area contributed by atoms with Gasteiger partial charge in [0.05, 0.1) is 0 Å². The smallest absolute Gasteiger partial charge is 0.306 e. The van der Waals surface area contributed by atoms with Crippen LogP contribution in [-0.4, -0.2) is 37.2 Å². The monoisotopic (exact) mass is 1140 g/mol. The van der Waals surface area contributed by atoms with Crippen molar-refractivity contribution in [2.75, 3.05) is 13.2 Å². The first-order valence-electron chi connectivity index (χ1n) is 34.5. The molecule has 0 rings (SSSR count). The van der Waals surface area contributed by atoms with Crippen molar-refractivity contribution in [2.45, 2.75) is 329 Å². The molecule has 1 atom stereocenters. The minimum absolute atomic E-state index is 0.0871. The highest BCUT2D eigenvalue weighted by Crippen LogP contribution is 2.16. The Morgan fingerprint density at radius 2 is 0.476 bits per heavy atom. The normalized spacial score (nSPS) is 12.9. The number of ether oxygens (including phenoxy) is 3. The summed E-state index contributed by atoms with van der Waals surface area (Å²) in [6.45, 7) is 6.52. The molecule has 0 spiro atoms. The summed E-state index contributed by atoms with van der Waals surface area (Å²) in [6.07, 6.45) is 96.4. The van der Waals surface area contributed by atoms with E-state index in [1.807, 2.05) is 0 Å². The van der Waals surface area contributed by atoms with E-state index in [1.165, 1.54) is 141 Å². The maximum absolute atomic E-state index is 12.9. The average molecular weight is 1140 g/mol. The zero-order chi connectivity index (χ0) is 59.2. The van der Waals surface area contributed by atoms with Crippen molar-refractivity contribution < 1.29 is 28.6 Å². The van der Waals surface area contributed by atoms with Gasteiger partial charge >= 0.3 is 17.9 Å². The number of unbranched alkanes of at least 4 members (excludes halogenated alkanes) is 31. The van der Waals surface area contributed by atoms with Gasteiger partial charge in [-0.2, -0.15) is 0 Å². The maximum Gasteiger partial charge on any atom is 0.306 e. The Morgan fingerprint density at radius 1 is 0.256 bits per heavy atom. The van der Waals surface area contributed by atoms with E-state index in [0.29, 0.717) is 19.3 Å². The van der Waals surface area contributed by atoms with Crippen LogP contribution in [0.1, 0.15) is 323 Å². The van der Waals surface area contributed by atoms with Crippen molar-refractivity contribution in [1.82, 2.24) is 0 Å². The van der Waals surface area contributed by atoms with Crippen LogP contribution in [0.5, 0.6) is 0 Å². The number of esters is 3. The molecular formula is C76H128O6. The fourth-order valence-corrected chi connectivity index (χ4v) is 9.55. The third kappa shape index (κ3) is 66.6. The van der Waals surface area contributed by atoms with Crippen molar-refractivity contribution in [3.05, 3.63) is 122 Å². The summed E-state index contributed by atoms with van der Waals surface area (Å²) in [5.74, 6) is -0.903. The van der Waals surface area contributed by atoms with E-state index in [0.717, 1.165) is 141 Å². The molecule has 0 fully saturated rings. The number of carbonyl (C=O) groups is 3. The summed E-state index contributed by atoms with van der Waals surface area (Å²) in [5.41, 5.74) is 0. The Hall–Kier alpha value is -4.19. The van der Waals surface area contributed by atoms with Gasteiger partial charge in [0.15, 0.2) is 6.10 Å². The quantitative estimate of drug-likeness (QED) is 0.0261. The zero-order valence-corrected chi connectivity index (χ0v) is 53.7. The van der Waals surface area contributed by atoms with Crippen LogP contribution >= 0.6 is 0 Å². The molecular weight excluding hydrogens is 1010 g/mol. The summed E-state index contributed by atoms with van der Waals surface area (Å²) in [7, 11) is 0. The standard InChI is InChI=1S/C76H128O6/c1-4-7-10-13-16-19-22-25-28-30-31-32-33-34-35-36-37-38-39-40-41-42-43-44-45-47-48-51-54-57-60-63-66-69-75(78)81-72-73(71-80-74(77)68-65-62-59-56-53-50-27-24-21-18-15-12-9-6-3)82-76(79)70-67-64-61-58-55-52-49-46-29-26-23-20-17-14-11-8-5-2/h7,10,16,19,24-25,27-28,31-32,34-35,37-38,40-41,43-44,47-48,73H,4-6,8-9,11-15,17-18,20-23,26,29-30,33,36,39,42,45-46,49-72H2,1-3H3/b10-7-,19-16-,27-24-,28-25-,32-31-,35-34-,38-37-,41-40-,44-43-,48-47-. The molecule has 0 aromatic heterocycles. The molecule has 0 heterocycles. The molecule has 468 valence electrons. The van der Waals surface area contributed by atoms with Gasteiger partial charge in [0.25, 0.3) is 0 Å². The second kappa shape index (κ2) is 69.3. The summed E-state index contributed by atoms with van der Waals surface area (Å²) in [4.78, 5) is 38.4. The average Bonchev–Trinajstić information content (AvgIpc) is 3.47. The van der Waals surface area contributed by atoms with Crippen LogP contribution in [-0.2, 0) is 28.6 Å². The number of carbonyl (C=O) groups excluding carboxylic acids is 3. The molecule has 0 aromatic rings. The summed E-state index contributed by atoms with van der Waals surface area (Å²) < 4.78 is 16.9. The van der Waals surface area contributed by atoms with Crippen molar-refractivity contribution in [1.29, 1.82) is 0 Å². The number of allylic oxidation sites excluding steroid dienone is 20. The molecule has 0 radical (unpaired) electrons. The van der Waals surface area contributed by atoms with E-state index in [9.17, 15) is 14.4 Å². The Balaban J connectivity index is 4.33. The highest BCUT2D eigenvalue weighted by molar-refractivity contribution is 5.71. The van der Waals surface area contributed by atoms with Gasteiger partial charge < -0.3 is 14.2 Å². The largest absolute Gasteiger partial charge is 0.462 e. The highest BCUT2D eigenvalue weighted by Gasteiger charge is 2.19. The lowest BCUT2D eigenvalue weighted by molar-refractivity contribution is -0.167. The SMILES string of the molecule is CC/C=C\C/C=C\C/C=C\C/C=C\C/C=C\C/C=C\C/C=C\C/C=C\C/C=C\CCCCCCCC(=O)OCC(COC(=O)CCCCCCC/C=C\CCCCCCC)OC(=O)CCCCCCCCCCCCCCCCCCC. The van der Waals surface area contributed by atoms with Gasteiger partial charge in [0.2, 0.25) is 0 Å². The van der Waals surface area contributed by atoms with Crippen molar-refractivity contribution in [3.63, 3.8) is 0 Å².